The van der Waals surface area contributed by atoms with Crippen molar-refractivity contribution in [3.05, 3.63) is 46.3 Å². The van der Waals surface area contributed by atoms with Crippen molar-refractivity contribution in [3.8, 4) is 10.6 Å². The fourth-order valence-electron chi connectivity index (χ4n) is 3.12. The SMILES string of the molecule is Cc1cc(CN2CCN(C(=O)c3cc(-c4ccc(C)s4)[nH]n3)CC2)on1. The van der Waals surface area contributed by atoms with Gasteiger partial charge in [0.25, 0.3) is 5.91 Å². The van der Waals surface area contributed by atoms with Gasteiger partial charge in [0.15, 0.2) is 11.5 Å². The Hall–Kier alpha value is -2.45. The summed E-state index contributed by atoms with van der Waals surface area (Å²) < 4.78 is 5.27. The molecular weight excluding hydrogens is 350 g/mol. The Kier molecular flexibility index (Phi) is 4.60. The van der Waals surface area contributed by atoms with Crippen LogP contribution in [0.15, 0.2) is 28.8 Å². The number of aromatic amines is 1. The molecule has 0 atom stereocenters. The van der Waals surface area contributed by atoms with Gasteiger partial charge in [0.2, 0.25) is 0 Å². The van der Waals surface area contributed by atoms with Crippen molar-refractivity contribution >= 4 is 17.2 Å². The maximum absolute atomic E-state index is 12.7. The first-order valence-corrected chi connectivity index (χ1v) is 9.46. The molecule has 0 radical (unpaired) electrons. The first-order chi connectivity index (χ1) is 12.6. The van der Waals surface area contributed by atoms with Crippen LogP contribution in [-0.2, 0) is 6.54 Å². The van der Waals surface area contributed by atoms with E-state index in [0.717, 1.165) is 41.7 Å². The molecule has 1 N–H and O–H groups in total. The van der Waals surface area contributed by atoms with Crippen molar-refractivity contribution in [1.29, 1.82) is 0 Å². The lowest BCUT2D eigenvalue weighted by atomic mass is 10.2. The molecule has 3 aromatic rings. The van der Waals surface area contributed by atoms with Crippen molar-refractivity contribution in [2.75, 3.05) is 26.2 Å². The van der Waals surface area contributed by atoms with E-state index in [1.165, 1.54) is 4.88 Å². The molecule has 0 bridgehead atoms. The molecule has 26 heavy (non-hydrogen) atoms. The third-order valence-corrected chi connectivity index (χ3v) is 5.55. The topological polar surface area (TPSA) is 78.3 Å². The fraction of sp³-hybridized carbons (Fsp3) is 0.389. The summed E-state index contributed by atoms with van der Waals surface area (Å²) in [5, 5.41) is 11.1. The predicted octanol–water partition coefficient (Wildman–Crippen LogP) is 2.70. The maximum Gasteiger partial charge on any atom is 0.274 e. The summed E-state index contributed by atoms with van der Waals surface area (Å²) in [5.41, 5.74) is 2.26. The van der Waals surface area contributed by atoms with Crippen LogP contribution in [0.4, 0.5) is 0 Å². The number of aromatic nitrogens is 3. The number of rotatable bonds is 4. The van der Waals surface area contributed by atoms with Crippen molar-refractivity contribution in [1.82, 2.24) is 25.2 Å². The zero-order valence-electron chi connectivity index (χ0n) is 14.9. The van der Waals surface area contributed by atoms with E-state index in [9.17, 15) is 4.79 Å². The van der Waals surface area contributed by atoms with Gasteiger partial charge in [-0.2, -0.15) is 5.10 Å². The van der Waals surface area contributed by atoms with Gasteiger partial charge in [-0.15, -0.1) is 11.3 Å². The molecule has 0 aromatic carbocycles. The average Bonchev–Trinajstić information content (AvgIpc) is 3.36. The van der Waals surface area contributed by atoms with Crippen LogP contribution in [0.1, 0.15) is 26.8 Å². The second kappa shape index (κ2) is 7.05. The van der Waals surface area contributed by atoms with Crippen LogP contribution in [0.25, 0.3) is 10.6 Å². The van der Waals surface area contributed by atoms with Gasteiger partial charge in [0, 0.05) is 37.1 Å². The van der Waals surface area contributed by atoms with E-state index in [-0.39, 0.29) is 5.91 Å². The van der Waals surface area contributed by atoms with Gasteiger partial charge in [0.1, 0.15) is 0 Å². The molecule has 4 rings (SSSR count). The average molecular weight is 371 g/mol. The highest BCUT2D eigenvalue weighted by Gasteiger charge is 2.24. The number of carbonyl (C=O) groups is 1. The van der Waals surface area contributed by atoms with E-state index in [1.807, 2.05) is 30.0 Å². The highest BCUT2D eigenvalue weighted by Crippen LogP contribution is 2.26. The molecule has 0 saturated carbocycles. The summed E-state index contributed by atoms with van der Waals surface area (Å²) >= 11 is 1.69. The third-order valence-electron chi connectivity index (χ3n) is 4.52. The van der Waals surface area contributed by atoms with Crippen molar-refractivity contribution in [2.45, 2.75) is 20.4 Å². The van der Waals surface area contributed by atoms with Gasteiger partial charge < -0.3 is 9.42 Å². The van der Waals surface area contributed by atoms with E-state index in [1.54, 1.807) is 11.3 Å². The van der Waals surface area contributed by atoms with Gasteiger partial charge in [0.05, 0.1) is 22.8 Å². The van der Waals surface area contributed by atoms with Crippen LogP contribution in [0.5, 0.6) is 0 Å². The van der Waals surface area contributed by atoms with Gasteiger partial charge in [-0.25, -0.2) is 0 Å². The summed E-state index contributed by atoms with van der Waals surface area (Å²) in [6.07, 6.45) is 0. The number of nitrogens with zero attached hydrogens (tertiary/aromatic N) is 4. The third kappa shape index (κ3) is 3.56. The zero-order valence-corrected chi connectivity index (χ0v) is 15.7. The minimum atomic E-state index is -0.0177. The van der Waals surface area contributed by atoms with Gasteiger partial charge >= 0.3 is 0 Å². The lowest BCUT2D eigenvalue weighted by molar-refractivity contribution is 0.0611. The Morgan fingerprint density at radius 3 is 2.69 bits per heavy atom. The summed E-state index contributed by atoms with van der Waals surface area (Å²) in [4.78, 5) is 19.2. The molecule has 4 heterocycles. The van der Waals surface area contributed by atoms with Crippen LogP contribution < -0.4 is 0 Å². The van der Waals surface area contributed by atoms with E-state index in [0.29, 0.717) is 18.8 Å². The number of nitrogens with one attached hydrogen (secondary N) is 1. The molecule has 1 saturated heterocycles. The molecule has 136 valence electrons. The second-order valence-electron chi connectivity index (χ2n) is 6.58. The molecule has 0 aliphatic carbocycles. The van der Waals surface area contributed by atoms with Crippen LogP contribution in [0.2, 0.25) is 0 Å². The van der Waals surface area contributed by atoms with Crippen LogP contribution in [-0.4, -0.2) is 57.2 Å². The van der Waals surface area contributed by atoms with Gasteiger partial charge in [-0.3, -0.25) is 14.8 Å². The van der Waals surface area contributed by atoms with Crippen LogP contribution in [0, 0.1) is 13.8 Å². The van der Waals surface area contributed by atoms with E-state index >= 15 is 0 Å². The van der Waals surface area contributed by atoms with Crippen LogP contribution >= 0.6 is 11.3 Å². The smallest absolute Gasteiger partial charge is 0.274 e. The molecule has 7 nitrogen and oxygen atoms in total. The van der Waals surface area contributed by atoms with E-state index in [2.05, 4.69) is 33.2 Å². The molecule has 1 aliphatic rings. The summed E-state index contributed by atoms with van der Waals surface area (Å²) in [5.74, 6) is 0.849. The Balaban J connectivity index is 1.35. The number of piperazine rings is 1. The monoisotopic (exact) mass is 371 g/mol. The molecule has 8 heteroatoms. The quantitative estimate of drug-likeness (QED) is 0.763. The Morgan fingerprint density at radius 1 is 1.23 bits per heavy atom. The number of aryl methyl sites for hydroxylation is 2. The number of H-pyrrole nitrogens is 1. The van der Waals surface area contributed by atoms with Gasteiger partial charge in [-0.1, -0.05) is 5.16 Å². The maximum atomic E-state index is 12.7. The van der Waals surface area contributed by atoms with Crippen molar-refractivity contribution in [3.63, 3.8) is 0 Å². The number of thiophene rings is 1. The highest BCUT2D eigenvalue weighted by atomic mass is 32.1. The molecule has 1 amide bonds. The Labute approximate surface area is 155 Å². The van der Waals surface area contributed by atoms with Gasteiger partial charge in [-0.05, 0) is 32.0 Å². The van der Waals surface area contributed by atoms with E-state index in [4.69, 9.17) is 4.52 Å². The van der Waals surface area contributed by atoms with Crippen LogP contribution in [0.3, 0.4) is 0 Å². The standard InChI is InChI=1S/C18H21N5O2S/c1-12-9-14(25-21-12)11-22-5-7-23(8-6-22)18(24)16-10-15(19-20-16)17-4-3-13(2)26-17/h3-4,9-10H,5-8,11H2,1-2H3,(H,19,20). The lowest BCUT2D eigenvalue weighted by Crippen LogP contribution is -2.48. The predicted molar refractivity (Wildman–Crippen MR) is 99.1 cm³/mol. The molecular formula is C18H21N5O2S. The summed E-state index contributed by atoms with van der Waals surface area (Å²) in [7, 11) is 0. The minimum absolute atomic E-state index is 0.0177. The second-order valence-corrected chi connectivity index (χ2v) is 7.87. The molecule has 1 aliphatic heterocycles. The number of carbonyl (C=O) groups excluding carboxylic acids is 1. The largest absolute Gasteiger partial charge is 0.360 e. The number of amides is 1. The van der Waals surface area contributed by atoms with Crippen molar-refractivity contribution < 1.29 is 9.32 Å². The van der Waals surface area contributed by atoms with Crippen molar-refractivity contribution in [2.24, 2.45) is 0 Å². The number of hydrogen-bond donors (Lipinski definition) is 1. The van der Waals surface area contributed by atoms with E-state index < -0.39 is 0 Å². The fourth-order valence-corrected chi connectivity index (χ4v) is 3.95. The molecule has 3 aromatic heterocycles. The Morgan fingerprint density at radius 2 is 2.04 bits per heavy atom. The first-order valence-electron chi connectivity index (χ1n) is 8.64. The minimum Gasteiger partial charge on any atom is -0.360 e. The number of hydrogen-bond acceptors (Lipinski definition) is 6. The summed E-state index contributed by atoms with van der Waals surface area (Å²) in [6, 6.07) is 7.91. The normalized spacial score (nSPS) is 15.5. The molecule has 0 spiro atoms. The zero-order chi connectivity index (χ0) is 18.1. The highest BCUT2D eigenvalue weighted by molar-refractivity contribution is 7.15. The first kappa shape index (κ1) is 17.0. The Bertz CT molecular complexity index is 904. The lowest BCUT2D eigenvalue weighted by Gasteiger charge is -2.33. The molecule has 1 fully saturated rings. The summed E-state index contributed by atoms with van der Waals surface area (Å²) in [6.45, 7) is 7.71. The molecule has 0 unspecified atom stereocenters.